The van der Waals surface area contributed by atoms with E-state index in [-0.39, 0.29) is 12.6 Å². The Hall–Kier alpha value is -1.85. The Labute approximate surface area is 107 Å². The first kappa shape index (κ1) is 14.2. The van der Waals surface area contributed by atoms with Gasteiger partial charge in [0.15, 0.2) is 0 Å². The molecule has 100 valence electrons. The number of carboxylic acids is 1. The van der Waals surface area contributed by atoms with Gasteiger partial charge in [0.05, 0.1) is 6.61 Å². The van der Waals surface area contributed by atoms with Gasteiger partial charge in [0.1, 0.15) is 18.7 Å². The van der Waals surface area contributed by atoms with E-state index in [4.69, 9.17) is 9.84 Å². The number of carboxylic acid groups (broad SMARTS) is 1. The molecule has 18 heavy (non-hydrogen) atoms. The summed E-state index contributed by atoms with van der Waals surface area (Å²) in [4.78, 5) is 20.6. The summed E-state index contributed by atoms with van der Waals surface area (Å²) < 4.78 is 5.41. The van der Waals surface area contributed by atoms with Gasteiger partial charge in [0.2, 0.25) is 5.88 Å². The molecule has 0 aliphatic heterocycles. The highest BCUT2D eigenvalue weighted by molar-refractivity contribution is 5.73. The summed E-state index contributed by atoms with van der Waals surface area (Å²) in [5.74, 6) is 0.143. The summed E-state index contributed by atoms with van der Waals surface area (Å²) in [7, 11) is 0. The first-order valence-corrected chi connectivity index (χ1v) is 5.97. The van der Waals surface area contributed by atoms with E-state index in [9.17, 15) is 4.79 Å². The molecular weight excluding hydrogens is 234 g/mol. The lowest BCUT2D eigenvalue weighted by Gasteiger charge is -2.25. The molecule has 0 fully saturated rings. The van der Waals surface area contributed by atoms with Gasteiger partial charge in [0, 0.05) is 12.1 Å². The Kier molecular flexibility index (Phi) is 5.35. The third-order valence-corrected chi connectivity index (χ3v) is 2.30. The number of anilines is 1. The molecule has 1 N–H and O–H groups in total. The number of hydrogen-bond donors (Lipinski definition) is 1. The molecular formula is C12H19N3O3. The molecule has 0 saturated heterocycles. The molecule has 0 spiro atoms. The van der Waals surface area contributed by atoms with E-state index >= 15 is 0 Å². The topological polar surface area (TPSA) is 75.5 Å². The molecule has 0 bridgehead atoms. The van der Waals surface area contributed by atoms with Crippen LogP contribution in [-0.2, 0) is 4.79 Å². The van der Waals surface area contributed by atoms with Crippen molar-refractivity contribution in [1.29, 1.82) is 0 Å². The quantitative estimate of drug-likeness (QED) is 0.794. The Morgan fingerprint density at radius 1 is 1.50 bits per heavy atom. The van der Waals surface area contributed by atoms with Crippen molar-refractivity contribution in [3.8, 4) is 5.88 Å². The first-order chi connectivity index (χ1) is 8.54. The predicted octanol–water partition coefficient (Wildman–Crippen LogP) is 1.56. The summed E-state index contributed by atoms with van der Waals surface area (Å²) in [6, 6.07) is 1.70. The predicted molar refractivity (Wildman–Crippen MR) is 67.9 cm³/mol. The standard InChI is InChI=1S/C12H19N3O3/c1-4-5-18-11-6-10(13-8-14-11)15(9(2)3)7-12(16)17/h6,8-9H,4-5,7H2,1-3H3,(H,16,17). The SMILES string of the molecule is CCCOc1cc(N(CC(=O)O)C(C)C)ncn1. The van der Waals surface area contributed by atoms with Gasteiger partial charge in [-0.2, -0.15) is 0 Å². The van der Waals surface area contributed by atoms with Crippen molar-refractivity contribution >= 4 is 11.8 Å². The lowest BCUT2D eigenvalue weighted by molar-refractivity contribution is -0.135. The van der Waals surface area contributed by atoms with Crippen LogP contribution in [0.2, 0.25) is 0 Å². The van der Waals surface area contributed by atoms with Crippen LogP contribution in [0.25, 0.3) is 0 Å². The maximum atomic E-state index is 10.8. The van der Waals surface area contributed by atoms with E-state index in [1.54, 1.807) is 11.0 Å². The lowest BCUT2D eigenvalue weighted by atomic mass is 10.3. The Morgan fingerprint density at radius 3 is 2.78 bits per heavy atom. The minimum Gasteiger partial charge on any atom is -0.480 e. The summed E-state index contributed by atoms with van der Waals surface area (Å²) >= 11 is 0. The average Bonchev–Trinajstić information content (AvgIpc) is 2.33. The maximum absolute atomic E-state index is 10.8. The van der Waals surface area contributed by atoms with Crippen LogP contribution in [0.4, 0.5) is 5.82 Å². The van der Waals surface area contributed by atoms with Gasteiger partial charge in [-0.3, -0.25) is 4.79 Å². The fourth-order valence-electron chi connectivity index (χ4n) is 1.45. The van der Waals surface area contributed by atoms with E-state index in [0.717, 1.165) is 6.42 Å². The van der Waals surface area contributed by atoms with Gasteiger partial charge in [-0.15, -0.1) is 0 Å². The zero-order valence-corrected chi connectivity index (χ0v) is 11.0. The number of rotatable bonds is 7. The summed E-state index contributed by atoms with van der Waals surface area (Å²) in [5.41, 5.74) is 0. The molecule has 0 saturated carbocycles. The first-order valence-electron chi connectivity index (χ1n) is 5.97. The van der Waals surface area contributed by atoms with Gasteiger partial charge < -0.3 is 14.7 Å². The van der Waals surface area contributed by atoms with Gasteiger partial charge in [-0.1, -0.05) is 6.92 Å². The van der Waals surface area contributed by atoms with Crippen molar-refractivity contribution in [3.63, 3.8) is 0 Å². The number of carbonyl (C=O) groups is 1. The minimum absolute atomic E-state index is 0.0371. The highest BCUT2D eigenvalue weighted by atomic mass is 16.5. The molecule has 6 nitrogen and oxygen atoms in total. The molecule has 0 aromatic carbocycles. The van der Waals surface area contributed by atoms with Crippen LogP contribution in [0.3, 0.4) is 0 Å². The van der Waals surface area contributed by atoms with E-state index < -0.39 is 5.97 Å². The van der Waals surface area contributed by atoms with Crippen molar-refractivity contribution in [2.45, 2.75) is 33.2 Å². The molecule has 1 rings (SSSR count). The monoisotopic (exact) mass is 253 g/mol. The summed E-state index contributed by atoms with van der Waals surface area (Å²) in [6.45, 7) is 6.32. The third kappa shape index (κ3) is 4.20. The second kappa shape index (κ2) is 6.78. The van der Waals surface area contributed by atoms with E-state index in [0.29, 0.717) is 18.3 Å². The van der Waals surface area contributed by atoms with Gasteiger partial charge in [-0.05, 0) is 20.3 Å². The maximum Gasteiger partial charge on any atom is 0.323 e. The highest BCUT2D eigenvalue weighted by Crippen LogP contribution is 2.17. The van der Waals surface area contributed by atoms with Gasteiger partial charge >= 0.3 is 5.97 Å². The Morgan fingerprint density at radius 2 is 2.22 bits per heavy atom. The van der Waals surface area contributed by atoms with Crippen LogP contribution < -0.4 is 9.64 Å². The van der Waals surface area contributed by atoms with Crippen LogP contribution in [-0.4, -0.2) is 40.2 Å². The molecule has 1 aromatic rings. The summed E-state index contributed by atoms with van der Waals surface area (Å²) in [6.07, 6.45) is 2.28. The molecule has 0 amide bonds. The largest absolute Gasteiger partial charge is 0.480 e. The van der Waals surface area contributed by atoms with Gasteiger partial charge in [0.25, 0.3) is 0 Å². The average molecular weight is 253 g/mol. The fraction of sp³-hybridized carbons (Fsp3) is 0.583. The molecule has 1 aromatic heterocycles. The van der Waals surface area contributed by atoms with Crippen LogP contribution in [0, 0.1) is 0 Å². The molecule has 0 radical (unpaired) electrons. The Bertz CT molecular complexity index is 396. The molecule has 0 aliphatic rings. The van der Waals surface area contributed by atoms with E-state index in [1.807, 2.05) is 20.8 Å². The van der Waals surface area contributed by atoms with Crippen molar-refractivity contribution in [2.75, 3.05) is 18.1 Å². The van der Waals surface area contributed by atoms with Gasteiger partial charge in [-0.25, -0.2) is 9.97 Å². The normalized spacial score (nSPS) is 10.4. The lowest BCUT2D eigenvalue weighted by Crippen LogP contribution is -2.36. The molecule has 0 aliphatic carbocycles. The molecule has 6 heteroatoms. The second-order valence-corrected chi connectivity index (χ2v) is 4.18. The molecule has 0 atom stereocenters. The zero-order chi connectivity index (χ0) is 13.5. The Balaban J connectivity index is 2.87. The van der Waals surface area contributed by atoms with Crippen LogP contribution in [0.15, 0.2) is 12.4 Å². The van der Waals surface area contributed by atoms with E-state index in [2.05, 4.69) is 9.97 Å². The zero-order valence-electron chi connectivity index (χ0n) is 11.0. The smallest absolute Gasteiger partial charge is 0.323 e. The molecule has 0 unspecified atom stereocenters. The number of aliphatic carboxylic acids is 1. The number of nitrogens with zero attached hydrogens (tertiary/aromatic N) is 3. The fourth-order valence-corrected chi connectivity index (χ4v) is 1.45. The summed E-state index contributed by atoms with van der Waals surface area (Å²) in [5, 5.41) is 8.89. The minimum atomic E-state index is -0.890. The number of hydrogen-bond acceptors (Lipinski definition) is 5. The number of aromatic nitrogens is 2. The van der Waals surface area contributed by atoms with Crippen LogP contribution in [0.5, 0.6) is 5.88 Å². The van der Waals surface area contributed by atoms with Crippen molar-refractivity contribution in [3.05, 3.63) is 12.4 Å². The second-order valence-electron chi connectivity index (χ2n) is 4.18. The van der Waals surface area contributed by atoms with E-state index in [1.165, 1.54) is 6.33 Å². The molecule has 1 heterocycles. The van der Waals surface area contributed by atoms with Crippen molar-refractivity contribution in [2.24, 2.45) is 0 Å². The van der Waals surface area contributed by atoms with Crippen molar-refractivity contribution in [1.82, 2.24) is 9.97 Å². The van der Waals surface area contributed by atoms with Crippen LogP contribution in [0.1, 0.15) is 27.2 Å². The van der Waals surface area contributed by atoms with Crippen molar-refractivity contribution < 1.29 is 14.6 Å². The third-order valence-electron chi connectivity index (χ3n) is 2.30. The van der Waals surface area contributed by atoms with Crippen LogP contribution >= 0.6 is 0 Å². The highest BCUT2D eigenvalue weighted by Gasteiger charge is 2.16. The number of ether oxygens (including phenoxy) is 1.